The molecule has 2 N–H and O–H groups in total. The van der Waals surface area contributed by atoms with Gasteiger partial charge in [-0.15, -0.1) is 0 Å². The molecule has 14 heavy (non-hydrogen) atoms. The van der Waals surface area contributed by atoms with Crippen LogP contribution in [-0.2, 0) is 0 Å². The number of unbranched alkanes of at least 4 members (excludes halogenated alkanes) is 1. The van der Waals surface area contributed by atoms with Gasteiger partial charge in [-0.3, -0.25) is 0 Å². The van der Waals surface area contributed by atoms with Crippen molar-refractivity contribution < 1.29 is 4.39 Å². The second kappa shape index (κ2) is 5.64. The average molecular weight is 212 g/mol. The van der Waals surface area contributed by atoms with E-state index in [4.69, 9.17) is 17.3 Å². The van der Waals surface area contributed by atoms with Gasteiger partial charge < -0.3 is 5.73 Å². The van der Waals surface area contributed by atoms with Gasteiger partial charge in [-0.25, -0.2) is 4.39 Å². The van der Waals surface area contributed by atoms with E-state index < -0.39 is 0 Å². The Balaban J connectivity index is 2.73. The van der Waals surface area contributed by atoms with Gasteiger partial charge in [0.1, 0.15) is 5.82 Å². The lowest BCUT2D eigenvalue weighted by Gasteiger charge is -1.94. The summed E-state index contributed by atoms with van der Waals surface area (Å²) < 4.78 is 12.8. The highest BCUT2D eigenvalue weighted by Crippen LogP contribution is 2.15. The first-order valence-electron chi connectivity index (χ1n) is 4.38. The number of rotatable bonds is 2. The van der Waals surface area contributed by atoms with Gasteiger partial charge in [0.05, 0.1) is 5.02 Å². The number of hydrogen-bond acceptors (Lipinski definition) is 1. The molecule has 0 atom stereocenters. The third-order valence-corrected chi connectivity index (χ3v) is 1.99. The Labute approximate surface area is 88.1 Å². The highest BCUT2D eigenvalue weighted by Gasteiger charge is 1.97. The topological polar surface area (TPSA) is 26.0 Å². The van der Waals surface area contributed by atoms with Crippen LogP contribution in [-0.4, -0.2) is 6.54 Å². The van der Waals surface area contributed by atoms with Gasteiger partial charge in [0.15, 0.2) is 0 Å². The van der Waals surface area contributed by atoms with E-state index in [1.165, 1.54) is 18.2 Å². The Hall–Kier alpha value is -1.04. The molecule has 1 rings (SSSR count). The summed E-state index contributed by atoms with van der Waals surface area (Å²) in [5, 5.41) is 0.478. The molecule has 0 bridgehead atoms. The summed E-state index contributed by atoms with van der Waals surface area (Å²) in [5.41, 5.74) is 5.84. The molecule has 1 nitrogen and oxygen atoms in total. The molecule has 0 amide bonds. The van der Waals surface area contributed by atoms with Gasteiger partial charge in [-0.05, 0) is 31.2 Å². The number of hydrogen-bond donors (Lipinski definition) is 1. The summed E-state index contributed by atoms with van der Waals surface area (Å²) in [5.74, 6) is 5.38. The van der Waals surface area contributed by atoms with E-state index in [1.54, 1.807) is 0 Å². The first-order valence-corrected chi connectivity index (χ1v) is 4.76. The SMILES string of the molecule is NCCCC#Cc1cc(F)ccc1Cl. The van der Waals surface area contributed by atoms with Crippen LogP contribution in [0.15, 0.2) is 18.2 Å². The van der Waals surface area contributed by atoms with Crippen LogP contribution in [0, 0.1) is 17.7 Å². The predicted octanol–water partition coefficient (Wildman–Crippen LogP) is 2.57. The molecule has 0 radical (unpaired) electrons. The quantitative estimate of drug-likeness (QED) is 0.591. The van der Waals surface area contributed by atoms with Crippen molar-refractivity contribution in [3.05, 3.63) is 34.6 Å². The summed E-state index contributed by atoms with van der Waals surface area (Å²) in [6, 6.07) is 4.15. The molecule has 0 aliphatic carbocycles. The lowest BCUT2D eigenvalue weighted by molar-refractivity contribution is 0.627. The zero-order valence-electron chi connectivity index (χ0n) is 7.69. The van der Waals surface area contributed by atoms with Crippen LogP contribution in [0.5, 0.6) is 0 Å². The molecular weight excluding hydrogens is 201 g/mol. The summed E-state index contributed by atoms with van der Waals surface area (Å²) in [7, 11) is 0. The molecule has 0 fully saturated rings. The minimum Gasteiger partial charge on any atom is -0.330 e. The zero-order valence-corrected chi connectivity index (χ0v) is 8.44. The zero-order chi connectivity index (χ0) is 10.4. The number of nitrogens with two attached hydrogens (primary N) is 1. The maximum atomic E-state index is 12.8. The second-order valence-electron chi connectivity index (χ2n) is 2.82. The average Bonchev–Trinajstić information content (AvgIpc) is 2.18. The van der Waals surface area contributed by atoms with Gasteiger partial charge in [-0.2, -0.15) is 0 Å². The highest BCUT2D eigenvalue weighted by atomic mass is 35.5. The Morgan fingerprint density at radius 3 is 2.93 bits per heavy atom. The fourth-order valence-electron chi connectivity index (χ4n) is 0.941. The molecule has 0 aromatic heterocycles. The van der Waals surface area contributed by atoms with E-state index in [1.807, 2.05) is 0 Å². The summed E-state index contributed by atoms with van der Waals surface area (Å²) in [6.45, 7) is 0.617. The van der Waals surface area contributed by atoms with Crippen LogP contribution in [0.25, 0.3) is 0 Å². The van der Waals surface area contributed by atoms with Gasteiger partial charge in [0, 0.05) is 12.0 Å². The molecule has 3 heteroatoms. The minimum absolute atomic E-state index is 0.322. The fraction of sp³-hybridized carbons (Fsp3) is 0.273. The smallest absolute Gasteiger partial charge is 0.124 e. The van der Waals surface area contributed by atoms with Crippen molar-refractivity contribution >= 4 is 11.6 Å². The van der Waals surface area contributed by atoms with Crippen LogP contribution >= 0.6 is 11.6 Å². The van der Waals surface area contributed by atoms with E-state index in [9.17, 15) is 4.39 Å². The predicted molar refractivity (Wildman–Crippen MR) is 56.6 cm³/mol. The molecular formula is C11H11ClFN. The van der Waals surface area contributed by atoms with Gasteiger partial charge in [-0.1, -0.05) is 23.4 Å². The standard InChI is InChI=1S/C11H11ClFN/c12-11-6-5-10(13)8-9(11)4-2-1-3-7-14/h5-6,8H,1,3,7,14H2. The second-order valence-corrected chi connectivity index (χ2v) is 3.23. The van der Waals surface area contributed by atoms with Crippen LogP contribution in [0.2, 0.25) is 5.02 Å². The molecule has 0 saturated heterocycles. The highest BCUT2D eigenvalue weighted by molar-refractivity contribution is 6.31. The van der Waals surface area contributed by atoms with Gasteiger partial charge >= 0.3 is 0 Å². The third-order valence-electron chi connectivity index (χ3n) is 1.66. The van der Waals surface area contributed by atoms with Crippen LogP contribution in [0.1, 0.15) is 18.4 Å². The van der Waals surface area contributed by atoms with E-state index in [0.29, 0.717) is 23.6 Å². The first kappa shape index (κ1) is 11.0. The number of benzene rings is 1. The van der Waals surface area contributed by atoms with E-state index in [0.717, 1.165) is 6.42 Å². The minimum atomic E-state index is -0.322. The molecule has 0 heterocycles. The fourth-order valence-corrected chi connectivity index (χ4v) is 1.11. The lowest BCUT2D eigenvalue weighted by Crippen LogP contribution is -1.96. The number of halogens is 2. The summed E-state index contributed by atoms with van der Waals surface area (Å²) >= 11 is 5.82. The molecule has 74 valence electrons. The summed E-state index contributed by atoms with van der Waals surface area (Å²) in [6.07, 6.45) is 1.56. The van der Waals surface area contributed by atoms with E-state index in [-0.39, 0.29) is 5.82 Å². The Bertz CT molecular complexity index is 365. The Morgan fingerprint density at radius 2 is 2.21 bits per heavy atom. The van der Waals surface area contributed by atoms with E-state index >= 15 is 0 Å². The van der Waals surface area contributed by atoms with Crippen LogP contribution in [0.3, 0.4) is 0 Å². The van der Waals surface area contributed by atoms with Crippen molar-refractivity contribution in [1.82, 2.24) is 0 Å². The monoisotopic (exact) mass is 211 g/mol. The lowest BCUT2D eigenvalue weighted by atomic mass is 10.2. The normalized spacial score (nSPS) is 9.36. The molecule has 0 aliphatic rings. The summed E-state index contributed by atoms with van der Waals surface area (Å²) in [4.78, 5) is 0. The van der Waals surface area contributed by atoms with Crippen molar-refractivity contribution in [3.8, 4) is 11.8 Å². The van der Waals surface area contributed by atoms with Crippen molar-refractivity contribution in [2.75, 3.05) is 6.54 Å². The van der Waals surface area contributed by atoms with Crippen molar-refractivity contribution in [1.29, 1.82) is 0 Å². The molecule has 0 saturated carbocycles. The Kier molecular flexibility index (Phi) is 4.45. The third kappa shape index (κ3) is 3.37. The van der Waals surface area contributed by atoms with Crippen molar-refractivity contribution in [2.45, 2.75) is 12.8 Å². The molecule has 0 unspecified atom stereocenters. The van der Waals surface area contributed by atoms with Crippen molar-refractivity contribution in [2.24, 2.45) is 5.73 Å². The van der Waals surface area contributed by atoms with Gasteiger partial charge in [0.2, 0.25) is 0 Å². The molecule has 0 aliphatic heterocycles. The molecule has 1 aromatic carbocycles. The van der Waals surface area contributed by atoms with E-state index in [2.05, 4.69) is 11.8 Å². The maximum absolute atomic E-state index is 12.8. The van der Waals surface area contributed by atoms with Crippen LogP contribution < -0.4 is 5.73 Å². The maximum Gasteiger partial charge on any atom is 0.124 e. The Morgan fingerprint density at radius 1 is 1.43 bits per heavy atom. The van der Waals surface area contributed by atoms with Gasteiger partial charge in [0.25, 0.3) is 0 Å². The largest absolute Gasteiger partial charge is 0.330 e. The van der Waals surface area contributed by atoms with Crippen molar-refractivity contribution in [3.63, 3.8) is 0 Å². The van der Waals surface area contributed by atoms with Crippen LogP contribution in [0.4, 0.5) is 4.39 Å². The first-order chi connectivity index (χ1) is 6.74. The molecule has 0 spiro atoms. The molecule has 1 aromatic rings.